The highest BCUT2D eigenvalue weighted by atomic mass is 32.2. The summed E-state index contributed by atoms with van der Waals surface area (Å²) in [6.45, 7) is 2.38. The molecular weight excluding hydrogens is 234 g/mol. The molecule has 1 atom stereocenters. The molecule has 1 aromatic heterocycles. The number of nitrogens with one attached hydrogen (secondary N) is 1. The van der Waals surface area contributed by atoms with Gasteiger partial charge in [0.2, 0.25) is 0 Å². The van der Waals surface area contributed by atoms with Crippen molar-refractivity contribution in [2.45, 2.75) is 19.5 Å². The van der Waals surface area contributed by atoms with Crippen LogP contribution in [0.2, 0.25) is 0 Å². The molecule has 15 heavy (non-hydrogen) atoms. The van der Waals surface area contributed by atoms with Crippen LogP contribution in [0.5, 0.6) is 0 Å². The van der Waals surface area contributed by atoms with Crippen molar-refractivity contribution in [3.05, 3.63) is 11.1 Å². The zero-order chi connectivity index (χ0) is 11.5. The van der Waals surface area contributed by atoms with Gasteiger partial charge < -0.3 is 11.1 Å². The van der Waals surface area contributed by atoms with Gasteiger partial charge in [0, 0.05) is 24.2 Å². The van der Waals surface area contributed by atoms with Crippen LogP contribution in [0.25, 0.3) is 0 Å². The number of rotatable bonds is 5. The van der Waals surface area contributed by atoms with E-state index in [0.717, 1.165) is 5.69 Å². The summed E-state index contributed by atoms with van der Waals surface area (Å²) >= 11 is 1.38. The first kappa shape index (κ1) is 12.4. The molecule has 0 bridgehead atoms. The Hall–Kier alpha value is -0.660. The van der Waals surface area contributed by atoms with Crippen LogP contribution in [-0.4, -0.2) is 31.5 Å². The highest BCUT2D eigenvalue weighted by Crippen LogP contribution is 2.10. The number of thiazole rings is 1. The van der Waals surface area contributed by atoms with Crippen molar-refractivity contribution in [2.75, 3.05) is 17.7 Å². The van der Waals surface area contributed by atoms with Gasteiger partial charge in [-0.05, 0) is 6.92 Å². The zero-order valence-corrected chi connectivity index (χ0v) is 10.4. The standard InChI is InChI=1S/C8H15N3O2S2/c1-6(5-15(2,12)13)10-3-7-4-14-8(9)11-7/h4,6,10H,3,5H2,1-2H3,(H2,9,11)/t6-/m0/s1. The van der Waals surface area contributed by atoms with Crippen molar-refractivity contribution < 1.29 is 8.42 Å². The number of hydrogen-bond acceptors (Lipinski definition) is 6. The number of nitrogen functional groups attached to an aromatic ring is 1. The van der Waals surface area contributed by atoms with Crippen molar-refractivity contribution in [1.82, 2.24) is 10.3 Å². The smallest absolute Gasteiger partial charge is 0.180 e. The Bertz CT molecular complexity index is 413. The molecule has 1 aromatic rings. The van der Waals surface area contributed by atoms with Crippen LogP contribution in [0.15, 0.2) is 5.38 Å². The Morgan fingerprint density at radius 2 is 2.33 bits per heavy atom. The van der Waals surface area contributed by atoms with Crippen molar-refractivity contribution in [2.24, 2.45) is 0 Å². The van der Waals surface area contributed by atoms with E-state index < -0.39 is 9.84 Å². The van der Waals surface area contributed by atoms with Gasteiger partial charge in [-0.3, -0.25) is 0 Å². The van der Waals surface area contributed by atoms with Crippen LogP contribution >= 0.6 is 11.3 Å². The van der Waals surface area contributed by atoms with Gasteiger partial charge in [0.15, 0.2) is 5.13 Å². The third-order valence-electron chi connectivity index (χ3n) is 1.75. The molecule has 1 rings (SSSR count). The monoisotopic (exact) mass is 249 g/mol. The topological polar surface area (TPSA) is 85.1 Å². The van der Waals surface area contributed by atoms with E-state index in [1.807, 2.05) is 12.3 Å². The quantitative estimate of drug-likeness (QED) is 0.781. The molecule has 1 heterocycles. The Labute approximate surface area is 93.6 Å². The normalized spacial score (nSPS) is 14.0. The van der Waals surface area contributed by atoms with Crippen LogP contribution < -0.4 is 11.1 Å². The van der Waals surface area contributed by atoms with Gasteiger partial charge in [-0.2, -0.15) is 0 Å². The first-order valence-electron chi connectivity index (χ1n) is 4.48. The molecular formula is C8H15N3O2S2. The molecule has 0 amide bonds. The molecule has 0 aliphatic heterocycles. The van der Waals surface area contributed by atoms with Crippen LogP contribution in [0.4, 0.5) is 5.13 Å². The van der Waals surface area contributed by atoms with Gasteiger partial charge in [-0.15, -0.1) is 11.3 Å². The second-order valence-electron chi connectivity index (χ2n) is 3.55. The van der Waals surface area contributed by atoms with Gasteiger partial charge in [0.1, 0.15) is 9.84 Å². The minimum Gasteiger partial charge on any atom is -0.375 e. The number of nitrogens with zero attached hydrogens (tertiary/aromatic N) is 1. The summed E-state index contributed by atoms with van der Waals surface area (Å²) in [4.78, 5) is 4.06. The van der Waals surface area contributed by atoms with E-state index in [9.17, 15) is 8.42 Å². The molecule has 3 N–H and O–H groups in total. The second-order valence-corrected chi connectivity index (χ2v) is 6.63. The fourth-order valence-corrected chi connectivity index (χ4v) is 2.78. The van der Waals surface area contributed by atoms with Crippen molar-refractivity contribution in [3.63, 3.8) is 0 Å². The van der Waals surface area contributed by atoms with E-state index in [0.29, 0.717) is 11.7 Å². The van der Waals surface area contributed by atoms with E-state index in [4.69, 9.17) is 5.73 Å². The fraction of sp³-hybridized carbons (Fsp3) is 0.625. The molecule has 5 nitrogen and oxygen atoms in total. The maximum Gasteiger partial charge on any atom is 0.180 e. The number of nitrogens with two attached hydrogens (primary N) is 1. The van der Waals surface area contributed by atoms with E-state index in [1.54, 1.807) is 0 Å². The van der Waals surface area contributed by atoms with Crippen LogP contribution in [0, 0.1) is 0 Å². The molecule has 0 saturated carbocycles. The van der Waals surface area contributed by atoms with Gasteiger partial charge in [-0.25, -0.2) is 13.4 Å². The van der Waals surface area contributed by atoms with Crippen molar-refractivity contribution in [1.29, 1.82) is 0 Å². The summed E-state index contributed by atoms with van der Waals surface area (Å²) in [6, 6.07) is -0.0806. The van der Waals surface area contributed by atoms with Crippen LogP contribution in [0.1, 0.15) is 12.6 Å². The van der Waals surface area contributed by atoms with Gasteiger partial charge in [-0.1, -0.05) is 0 Å². The summed E-state index contributed by atoms with van der Waals surface area (Å²) in [5, 5.41) is 5.47. The third kappa shape index (κ3) is 5.10. The molecule has 0 spiro atoms. The Morgan fingerprint density at radius 1 is 1.67 bits per heavy atom. The fourth-order valence-electron chi connectivity index (χ4n) is 1.20. The van der Waals surface area contributed by atoms with Crippen LogP contribution in [-0.2, 0) is 16.4 Å². The second kappa shape index (κ2) is 4.91. The first-order chi connectivity index (χ1) is 6.87. The lowest BCUT2D eigenvalue weighted by molar-refractivity contribution is 0.557. The van der Waals surface area contributed by atoms with E-state index in [-0.39, 0.29) is 11.8 Å². The molecule has 86 valence electrons. The average molecular weight is 249 g/mol. The highest BCUT2D eigenvalue weighted by molar-refractivity contribution is 7.90. The Kier molecular flexibility index (Phi) is 4.06. The lowest BCUT2D eigenvalue weighted by atomic mass is 10.3. The lowest BCUT2D eigenvalue weighted by Gasteiger charge is -2.10. The maximum absolute atomic E-state index is 11.0. The molecule has 0 aromatic carbocycles. The van der Waals surface area contributed by atoms with Gasteiger partial charge >= 0.3 is 0 Å². The summed E-state index contributed by atoms with van der Waals surface area (Å²) < 4.78 is 22.0. The van der Waals surface area contributed by atoms with Gasteiger partial charge in [0.25, 0.3) is 0 Å². The molecule has 0 saturated heterocycles. The number of anilines is 1. The molecule has 0 aliphatic carbocycles. The average Bonchev–Trinajstić information content (AvgIpc) is 2.45. The largest absolute Gasteiger partial charge is 0.375 e. The number of hydrogen-bond donors (Lipinski definition) is 2. The van der Waals surface area contributed by atoms with Gasteiger partial charge in [0.05, 0.1) is 11.4 Å². The van der Waals surface area contributed by atoms with Crippen molar-refractivity contribution >= 4 is 26.3 Å². The minimum absolute atomic E-state index is 0.0806. The lowest BCUT2D eigenvalue weighted by Crippen LogP contribution is -2.32. The summed E-state index contributed by atoms with van der Waals surface area (Å²) in [7, 11) is -2.93. The SMILES string of the molecule is C[C@@H](CS(C)(=O)=O)NCc1csc(N)n1. The number of sulfone groups is 1. The molecule has 0 unspecified atom stereocenters. The predicted octanol–water partition coefficient (Wildman–Crippen LogP) is 0.248. The molecule has 7 heteroatoms. The van der Waals surface area contributed by atoms with Crippen molar-refractivity contribution in [3.8, 4) is 0 Å². The third-order valence-corrected chi connectivity index (χ3v) is 3.58. The first-order valence-corrected chi connectivity index (χ1v) is 7.42. The summed E-state index contributed by atoms with van der Waals surface area (Å²) in [5.41, 5.74) is 6.32. The Morgan fingerprint density at radius 3 is 2.80 bits per heavy atom. The zero-order valence-electron chi connectivity index (χ0n) is 8.73. The maximum atomic E-state index is 11.0. The molecule has 0 radical (unpaired) electrons. The Balaban J connectivity index is 2.37. The number of aromatic nitrogens is 1. The predicted molar refractivity (Wildman–Crippen MR) is 62.5 cm³/mol. The van der Waals surface area contributed by atoms with E-state index >= 15 is 0 Å². The van der Waals surface area contributed by atoms with E-state index in [1.165, 1.54) is 17.6 Å². The summed E-state index contributed by atoms with van der Waals surface area (Å²) in [6.07, 6.45) is 1.23. The molecule has 0 aliphatic rings. The van der Waals surface area contributed by atoms with Crippen LogP contribution in [0.3, 0.4) is 0 Å². The minimum atomic E-state index is -2.93. The van der Waals surface area contributed by atoms with E-state index in [2.05, 4.69) is 10.3 Å². The highest BCUT2D eigenvalue weighted by Gasteiger charge is 2.10. The molecule has 0 fully saturated rings. The summed E-state index contributed by atoms with van der Waals surface area (Å²) in [5.74, 6) is 0.132.